The lowest BCUT2D eigenvalue weighted by molar-refractivity contribution is -0.130. The van der Waals surface area contributed by atoms with Crippen LogP contribution in [0, 0.1) is 5.82 Å². The molecule has 104 valence electrons. The van der Waals surface area contributed by atoms with E-state index in [1.165, 1.54) is 12.1 Å². The maximum atomic E-state index is 12.7. The summed E-state index contributed by atoms with van der Waals surface area (Å²) in [5, 5.41) is 0. The second kappa shape index (κ2) is 5.69. The maximum absolute atomic E-state index is 12.7. The van der Waals surface area contributed by atoms with Gasteiger partial charge in [-0.05, 0) is 24.1 Å². The number of sulfone groups is 1. The Hall–Kier alpha value is -1.43. The molecule has 0 radical (unpaired) electrons. The van der Waals surface area contributed by atoms with E-state index in [1.807, 2.05) is 0 Å². The van der Waals surface area contributed by atoms with Gasteiger partial charge < -0.3 is 4.90 Å². The van der Waals surface area contributed by atoms with Gasteiger partial charge in [0.2, 0.25) is 5.91 Å². The van der Waals surface area contributed by atoms with Crippen LogP contribution in [0.1, 0.15) is 12.0 Å². The van der Waals surface area contributed by atoms with Crippen molar-refractivity contribution in [1.29, 1.82) is 0 Å². The number of carbonyl (C=O) groups is 1. The van der Waals surface area contributed by atoms with Crippen LogP contribution in [0.5, 0.6) is 0 Å². The van der Waals surface area contributed by atoms with Crippen molar-refractivity contribution in [2.45, 2.75) is 12.8 Å². The van der Waals surface area contributed by atoms with E-state index >= 15 is 0 Å². The molecule has 4 nitrogen and oxygen atoms in total. The highest BCUT2D eigenvalue weighted by molar-refractivity contribution is 7.91. The zero-order valence-electron chi connectivity index (χ0n) is 10.5. The minimum absolute atomic E-state index is 0.0424. The minimum Gasteiger partial charge on any atom is -0.341 e. The van der Waals surface area contributed by atoms with E-state index in [9.17, 15) is 17.6 Å². The molecule has 0 aromatic heterocycles. The first-order valence-corrected chi connectivity index (χ1v) is 8.01. The van der Waals surface area contributed by atoms with Crippen molar-refractivity contribution >= 4 is 15.7 Å². The first kappa shape index (κ1) is 14.0. The molecular formula is C13H16FNO3S. The highest BCUT2D eigenvalue weighted by Gasteiger charge is 2.24. The number of nitrogens with zero attached hydrogens (tertiary/aromatic N) is 1. The summed E-state index contributed by atoms with van der Waals surface area (Å²) in [6.45, 7) is 0.565. The molecule has 1 heterocycles. The summed E-state index contributed by atoms with van der Waals surface area (Å²) < 4.78 is 35.2. The molecule has 1 aromatic carbocycles. The molecule has 1 aliphatic rings. The average molecular weight is 285 g/mol. The normalized spacial score (nSPS) is 18.3. The second-order valence-corrected chi connectivity index (χ2v) is 6.96. The van der Waals surface area contributed by atoms with Crippen molar-refractivity contribution in [3.8, 4) is 0 Å². The van der Waals surface area contributed by atoms with Crippen LogP contribution in [0.4, 0.5) is 4.39 Å². The smallest absolute Gasteiger partial charge is 0.222 e. The Labute approximate surface area is 112 Å². The Morgan fingerprint density at radius 3 is 2.32 bits per heavy atom. The lowest BCUT2D eigenvalue weighted by Crippen LogP contribution is -2.43. The summed E-state index contributed by atoms with van der Waals surface area (Å²) in [5.41, 5.74) is 0.902. The van der Waals surface area contributed by atoms with Crippen LogP contribution in [0.2, 0.25) is 0 Å². The highest BCUT2D eigenvalue weighted by atomic mass is 32.2. The van der Waals surface area contributed by atoms with Gasteiger partial charge in [-0.25, -0.2) is 12.8 Å². The standard InChI is InChI=1S/C13H16FNO3S/c14-12-4-1-11(2-5-12)3-6-13(16)15-7-9-19(17,18)10-8-15/h1-2,4-5H,3,6-10H2. The Kier molecular flexibility index (Phi) is 4.19. The van der Waals surface area contributed by atoms with Crippen LogP contribution >= 0.6 is 0 Å². The third kappa shape index (κ3) is 4.02. The van der Waals surface area contributed by atoms with Crippen LogP contribution in [-0.2, 0) is 21.1 Å². The fraction of sp³-hybridized carbons (Fsp3) is 0.462. The molecule has 0 atom stereocenters. The molecule has 0 saturated carbocycles. The molecule has 0 unspecified atom stereocenters. The summed E-state index contributed by atoms with van der Waals surface area (Å²) in [5.74, 6) is -0.236. The Morgan fingerprint density at radius 1 is 1.16 bits per heavy atom. The number of amides is 1. The monoisotopic (exact) mass is 285 g/mol. The van der Waals surface area contributed by atoms with Crippen LogP contribution in [0.15, 0.2) is 24.3 Å². The van der Waals surface area contributed by atoms with Crippen molar-refractivity contribution < 1.29 is 17.6 Å². The quantitative estimate of drug-likeness (QED) is 0.833. The molecular weight excluding hydrogens is 269 g/mol. The Balaban J connectivity index is 1.83. The molecule has 1 aromatic rings. The topological polar surface area (TPSA) is 54.5 Å². The molecule has 1 aliphatic heterocycles. The minimum atomic E-state index is -2.96. The summed E-state index contributed by atoms with van der Waals surface area (Å²) in [4.78, 5) is 13.5. The summed E-state index contributed by atoms with van der Waals surface area (Å²) in [6, 6.07) is 6.05. The molecule has 1 fully saturated rings. The molecule has 1 amide bonds. The number of benzene rings is 1. The SMILES string of the molecule is O=C(CCc1ccc(F)cc1)N1CCS(=O)(=O)CC1. The van der Waals surface area contributed by atoms with Crippen molar-refractivity contribution in [2.24, 2.45) is 0 Å². The van der Waals surface area contributed by atoms with E-state index in [4.69, 9.17) is 0 Å². The predicted octanol–water partition coefficient (Wildman–Crippen LogP) is 1.02. The first-order valence-electron chi connectivity index (χ1n) is 6.19. The maximum Gasteiger partial charge on any atom is 0.222 e. The van der Waals surface area contributed by atoms with Crippen LogP contribution < -0.4 is 0 Å². The number of rotatable bonds is 3. The van der Waals surface area contributed by atoms with E-state index in [-0.39, 0.29) is 36.3 Å². The van der Waals surface area contributed by atoms with E-state index < -0.39 is 9.84 Å². The number of hydrogen-bond donors (Lipinski definition) is 0. The van der Waals surface area contributed by atoms with Gasteiger partial charge in [0.05, 0.1) is 11.5 Å². The number of aryl methyl sites for hydroxylation is 1. The van der Waals surface area contributed by atoms with E-state index in [0.29, 0.717) is 12.8 Å². The number of halogens is 1. The zero-order valence-corrected chi connectivity index (χ0v) is 11.3. The Morgan fingerprint density at radius 2 is 1.74 bits per heavy atom. The fourth-order valence-corrected chi connectivity index (χ4v) is 3.22. The van der Waals surface area contributed by atoms with Crippen molar-refractivity contribution in [2.75, 3.05) is 24.6 Å². The largest absolute Gasteiger partial charge is 0.341 e. The lowest BCUT2D eigenvalue weighted by atomic mass is 10.1. The molecule has 0 bridgehead atoms. The van der Waals surface area contributed by atoms with Gasteiger partial charge in [-0.1, -0.05) is 12.1 Å². The van der Waals surface area contributed by atoms with E-state index in [1.54, 1.807) is 17.0 Å². The fourth-order valence-electron chi connectivity index (χ4n) is 2.02. The third-order valence-corrected chi connectivity index (χ3v) is 4.85. The van der Waals surface area contributed by atoms with Gasteiger partial charge in [0.15, 0.2) is 9.84 Å². The van der Waals surface area contributed by atoms with Gasteiger partial charge in [-0.15, -0.1) is 0 Å². The van der Waals surface area contributed by atoms with Crippen molar-refractivity contribution in [3.63, 3.8) is 0 Å². The third-order valence-electron chi connectivity index (χ3n) is 3.24. The predicted molar refractivity (Wildman–Crippen MR) is 70.0 cm³/mol. The molecule has 2 rings (SSSR count). The van der Waals surface area contributed by atoms with Crippen molar-refractivity contribution in [3.05, 3.63) is 35.6 Å². The zero-order chi connectivity index (χ0) is 13.9. The molecule has 0 spiro atoms. The van der Waals surface area contributed by atoms with Gasteiger partial charge in [0.25, 0.3) is 0 Å². The van der Waals surface area contributed by atoms with Gasteiger partial charge in [-0.2, -0.15) is 0 Å². The van der Waals surface area contributed by atoms with Gasteiger partial charge in [-0.3, -0.25) is 4.79 Å². The second-order valence-electron chi connectivity index (χ2n) is 4.66. The van der Waals surface area contributed by atoms with Gasteiger partial charge in [0.1, 0.15) is 5.82 Å². The summed E-state index contributed by atoms with van der Waals surface area (Å²) >= 11 is 0. The number of hydrogen-bond acceptors (Lipinski definition) is 3. The lowest BCUT2D eigenvalue weighted by Gasteiger charge is -2.26. The summed E-state index contributed by atoms with van der Waals surface area (Å²) in [7, 11) is -2.96. The molecule has 0 N–H and O–H groups in total. The van der Waals surface area contributed by atoms with Gasteiger partial charge in [0, 0.05) is 19.5 Å². The van der Waals surface area contributed by atoms with Crippen molar-refractivity contribution in [1.82, 2.24) is 4.90 Å². The van der Waals surface area contributed by atoms with E-state index in [0.717, 1.165) is 5.56 Å². The van der Waals surface area contributed by atoms with Crippen LogP contribution in [0.25, 0.3) is 0 Å². The van der Waals surface area contributed by atoms with Crippen LogP contribution in [0.3, 0.4) is 0 Å². The Bertz CT molecular complexity index is 540. The molecule has 0 aliphatic carbocycles. The molecule has 19 heavy (non-hydrogen) atoms. The molecule has 1 saturated heterocycles. The van der Waals surface area contributed by atoms with Crippen LogP contribution in [-0.4, -0.2) is 43.8 Å². The average Bonchev–Trinajstić information content (AvgIpc) is 2.37. The molecule has 6 heteroatoms. The number of carbonyl (C=O) groups excluding carboxylic acids is 1. The first-order chi connectivity index (χ1) is 8.96. The van der Waals surface area contributed by atoms with E-state index in [2.05, 4.69) is 0 Å². The summed E-state index contributed by atoms with van der Waals surface area (Å²) in [6.07, 6.45) is 0.869. The highest BCUT2D eigenvalue weighted by Crippen LogP contribution is 2.09. The van der Waals surface area contributed by atoms with Gasteiger partial charge >= 0.3 is 0 Å².